The Morgan fingerprint density at radius 3 is 2.35 bits per heavy atom. The maximum absolute atomic E-state index is 13.0. The second kappa shape index (κ2) is 5.19. The maximum atomic E-state index is 13.0. The second-order valence-corrected chi connectivity index (χ2v) is 4.99. The van der Waals surface area contributed by atoms with Crippen LogP contribution in [0.25, 0.3) is 17.1 Å². The minimum Gasteiger partial charge on any atom is -0.268 e. The molecule has 1 N–H and O–H groups in total. The van der Waals surface area contributed by atoms with Crippen LogP contribution in [0.3, 0.4) is 0 Å². The summed E-state index contributed by atoms with van der Waals surface area (Å²) in [6.07, 6.45) is 0. The first kappa shape index (κ1) is 13.0. The van der Waals surface area contributed by atoms with E-state index in [0.29, 0.717) is 15.6 Å². The van der Waals surface area contributed by atoms with Crippen molar-refractivity contribution in [3.8, 4) is 17.1 Å². The lowest BCUT2D eigenvalue weighted by Gasteiger charge is -2.06. The molecular formula is C14H9ClFN3S. The Labute approximate surface area is 124 Å². The first-order valence-corrected chi connectivity index (χ1v) is 6.63. The molecule has 0 radical (unpaired) electrons. The summed E-state index contributed by atoms with van der Waals surface area (Å²) >= 11 is 11.1. The molecule has 6 heteroatoms. The molecule has 0 fully saturated rings. The van der Waals surface area contributed by atoms with Crippen molar-refractivity contribution in [2.75, 3.05) is 0 Å². The van der Waals surface area contributed by atoms with Crippen LogP contribution in [0, 0.1) is 10.6 Å². The van der Waals surface area contributed by atoms with Crippen LogP contribution in [-0.2, 0) is 0 Å². The zero-order valence-electron chi connectivity index (χ0n) is 10.2. The summed E-state index contributed by atoms with van der Waals surface area (Å²) in [6.45, 7) is 0. The lowest BCUT2D eigenvalue weighted by molar-refractivity contribution is 0.627. The van der Waals surface area contributed by atoms with Gasteiger partial charge in [-0.25, -0.2) is 4.39 Å². The van der Waals surface area contributed by atoms with E-state index in [9.17, 15) is 4.39 Å². The molecule has 2 aromatic carbocycles. The second-order valence-electron chi connectivity index (χ2n) is 4.17. The zero-order chi connectivity index (χ0) is 14.1. The monoisotopic (exact) mass is 305 g/mol. The van der Waals surface area contributed by atoms with E-state index in [1.807, 2.05) is 12.1 Å². The van der Waals surface area contributed by atoms with Gasteiger partial charge in [0.25, 0.3) is 0 Å². The Bertz CT molecular complexity index is 791. The van der Waals surface area contributed by atoms with Crippen LogP contribution < -0.4 is 0 Å². The number of nitrogens with zero attached hydrogens (tertiary/aromatic N) is 2. The first-order chi connectivity index (χ1) is 9.65. The molecule has 3 nitrogen and oxygen atoms in total. The highest BCUT2D eigenvalue weighted by molar-refractivity contribution is 7.71. The number of aromatic amines is 1. The van der Waals surface area contributed by atoms with Crippen molar-refractivity contribution in [1.29, 1.82) is 0 Å². The molecule has 0 aliphatic carbocycles. The number of nitrogens with one attached hydrogen (secondary N) is 1. The molecule has 0 atom stereocenters. The highest BCUT2D eigenvalue weighted by Crippen LogP contribution is 2.23. The highest BCUT2D eigenvalue weighted by atomic mass is 35.5. The third-order valence-corrected chi connectivity index (χ3v) is 3.39. The third-order valence-electron chi connectivity index (χ3n) is 2.86. The van der Waals surface area contributed by atoms with Crippen molar-refractivity contribution in [3.63, 3.8) is 0 Å². The van der Waals surface area contributed by atoms with Gasteiger partial charge in [0, 0.05) is 10.6 Å². The van der Waals surface area contributed by atoms with Crippen LogP contribution in [0.4, 0.5) is 4.39 Å². The van der Waals surface area contributed by atoms with Crippen molar-refractivity contribution >= 4 is 23.8 Å². The van der Waals surface area contributed by atoms with E-state index >= 15 is 0 Å². The topological polar surface area (TPSA) is 33.6 Å². The van der Waals surface area contributed by atoms with Gasteiger partial charge in [-0.15, -0.1) is 0 Å². The molecule has 0 aliphatic heterocycles. The first-order valence-electron chi connectivity index (χ1n) is 5.84. The molecule has 0 amide bonds. The van der Waals surface area contributed by atoms with Crippen LogP contribution in [0.5, 0.6) is 0 Å². The Kier molecular flexibility index (Phi) is 3.38. The predicted molar refractivity (Wildman–Crippen MR) is 79.2 cm³/mol. The third kappa shape index (κ3) is 2.37. The summed E-state index contributed by atoms with van der Waals surface area (Å²) in [6, 6.07) is 13.3. The number of hydrogen-bond donors (Lipinski definition) is 1. The van der Waals surface area contributed by atoms with Crippen LogP contribution in [-0.4, -0.2) is 14.8 Å². The van der Waals surface area contributed by atoms with E-state index in [-0.39, 0.29) is 5.82 Å². The van der Waals surface area contributed by atoms with E-state index in [1.54, 1.807) is 28.8 Å². The normalized spacial score (nSPS) is 10.7. The standard InChI is InChI=1S/C14H9ClFN3S/c15-10-3-1-9(2-4-10)13-17-18-14(20)19(13)12-7-5-11(16)6-8-12/h1-8H,(H,18,20). The molecule has 0 saturated carbocycles. The average Bonchev–Trinajstić information content (AvgIpc) is 2.83. The van der Waals surface area contributed by atoms with Gasteiger partial charge in [-0.1, -0.05) is 11.6 Å². The minimum atomic E-state index is -0.295. The maximum Gasteiger partial charge on any atom is 0.200 e. The Hall–Kier alpha value is -1.98. The summed E-state index contributed by atoms with van der Waals surface area (Å²) in [5.41, 5.74) is 1.61. The SMILES string of the molecule is Fc1ccc(-n2c(-c3ccc(Cl)cc3)n[nH]c2=S)cc1. The average molecular weight is 306 g/mol. The van der Waals surface area contributed by atoms with Crippen molar-refractivity contribution < 1.29 is 4.39 Å². The van der Waals surface area contributed by atoms with Gasteiger partial charge in [0.15, 0.2) is 10.6 Å². The summed E-state index contributed by atoms with van der Waals surface area (Å²) in [7, 11) is 0. The fourth-order valence-corrected chi connectivity index (χ4v) is 2.28. The molecule has 1 heterocycles. The van der Waals surface area contributed by atoms with Gasteiger partial charge in [0.1, 0.15) is 5.82 Å². The van der Waals surface area contributed by atoms with E-state index in [2.05, 4.69) is 10.2 Å². The van der Waals surface area contributed by atoms with Crippen LogP contribution >= 0.6 is 23.8 Å². The molecule has 0 spiro atoms. The highest BCUT2D eigenvalue weighted by Gasteiger charge is 2.10. The Morgan fingerprint density at radius 2 is 1.70 bits per heavy atom. The Balaban J connectivity index is 2.17. The number of halogens is 2. The van der Waals surface area contributed by atoms with Crippen LogP contribution in [0.1, 0.15) is 0 Å². The largest absolute Gasteiger partial charge is 0.268 e. The number of hydrogen-bond acceptors (Lipinski definition) is 2. The van der Waals surface area contributed by atoms with Crippen molar-refractivity contribution in [2.24, 2.45) is 0 Å². The fraction of sp³-hybridized carbons (Fsp3) is 0. The lowest BCUT2D eigenvalue weighted by Crippen LogP contribution is -1.97. The summed E-state index contributed by atoms with van der Waals surface area (Å²) < 4.78 is 15.2. The minimum absolute atomic E-state index is 0.295. The molecule has 0 aliphatic rings. The summed E-state index contributed by atoms with van der Waals surface area (Å²) in [4.78, 5) is 0. The van der Waals surface area contributed by atoms with Crippen molar-refractivity contribution in [2.45, 2.75) is 0 Å². The van der Waals surface area contributed by atoms with Gasteiger partial charge in [-0.2, -0.15) is 5.10 Å². The zero-order valence-corrected chi connectivity index (χ0v) is 11.7. The van der Waals surface area contributed by atoms with E-state index in [0.717, 1.165) is 11.3 Å². The van der Waals surface area contributed by atoms with Crippen molar-refractivity contribution in [1.82, 2.24) is 14.8 Å². The van der Waals surface area contributed by atoms with Gasteiger partial charge < -0.3 is 0 Å². The number of aromatic nitrogens is 3. The van der Waals surface area contributed by atoms with Crippen LogP contribution in [0.2, 0.25) is 5.02 Å². The number of benzene rings is 2. The predicted octanol–water partition coefficient (Wildman–Crippen LogP) is 4.39. The van der Waals surface area contributed by atoms with E-state index in [4.69, 9.17) is 23.8 Å². The van der Waals surface area contributed by atoms with Crippen molar-refractivity contribution in [3.05, 3.63) is 64.1 Å². The molecule has 0 saturated heterocycles. The van der Waals surface area contributed by atoms with Gasteiger partial charge in [0.05, 0.1) is 5.69 Å². The fourth-order valence-electron chi connectivity index (χ4n) is 1.92. The van der Waals surface area contributed by atoms with Gasteiger partial charge in [-0.3, -0.25) is 9.67 Å². The van der Waals surface area contributed by atoms with Gasteiger partial charge in [-0.05, 0) is 60.7 Å². The van der Waals surface area contributed by atoms with E-state index < -0.39 is 0 Å². The molecule has 1 aromatic heterocycles. The molecule has 0 bridgehead atoms. The number of rotatable bonds is 2. The molecule has 3 rings (SSSR count). The smallest absolute Gasteiger partial charge is 0.200 e. The van der Waals surface area contributed by atoms with Gasteiger partial charge >= 0.3 is 0 Å². The summed E-state index contributed by atoms with van der Waals surface area (Å²) in [5.74, 6) is 0.357. The van der Waals surface area contributed by atoms with Crippen LogP contribution in [0.15, 0.2) is 48.5 Å². The van der Waals surface area contributed by atoms with Gasteiger partial charge in [0.2, 0.25) is 0 Å². The Morgan fingerprint density at radius 1 is 1.05 bits per heavy atom. The summed E-state index contributed by atoms with van der Waals surface area (Å²) in [5, 5.41) is 7.63. The number of H-pyrrole nitrogens is 1. The van der Waals surface area contributed by atoms with E-state index in [1.165, 1.54) is 12.1 Å². The molecule has 100 valence electrons. The quantitative estimate of drug-likeness (QED) is 0.712. The molecule has 3 aromatic rings. The molecule has 0 unspecified atom stereocenters. The lowest BCUT2D eigenvalue weighted by atomic mass is 10.2. The molecular weight excluding hydrogens is 297 g/mol. The molecule has 20 heavy (non-hydrogen) atoms.